The highest BCUT2D eigenvalue weighted by atomic mass is 16.5. The molecule has 0 saturated carbocycles. The van der Waals surface area contributed by atoms with Crippen molar-refractivity contribution in [3.63, 3.8) is 0 Å². The van der Waals surface area contributed by atoms with Gasteiger partial charge in [-0.2, -0.15) is 0 Å². The Morgan fingerprint density at radius 3 is 2.54 bits per heavy atom. The van der Waals surface area contributed by atoms with Gasteiger partial charge in [0.05, 0.1) is 18.4 Å². The van der Waals surface area contributed by atoms with E-state index in [4.69, 9.17) is 4.74 Å². The molecule has 0 aliphatic heterocycles. The molecule has 0 fully saturated rings. The van der Waals surface area contributed by atoms with Gasteiger partial charge in [-0.25, -0.2) is 9.97 Å². The average Bonchev–Trinajstić information content (AvgIpc) is 2.52. The van der Waals surface area contributed by atoms with Crippen LogP contribution < -0.4 is 5.32 Å². The predicted octanol–water partition coefficient (Wildman–Crippen LogP) is 3.37. The van der Waals surface area contributed by atoms with Gasteiger partial charge >= 0.3 is 0 Å². The van der Waals surface area contributed by atoms with Gasteiger partial charge in [-0.3, -0.25) is 0 Å². The molecule has 0 radical (unpaired) electrons. The van der Waals surface area contributed by atoms with Gasteiger partial charge in [0, 0.05) is 25.1 Å². The molecule has 0 saturated heterocycles. The van der Waals surface area contributed by atoms with Crippen LogP contribution in [-0.2, 0) is 16.8 Å². The summed E-state index contributed by atoms with van der Waals surface area (Å²) in [7, 11) is 1.65. The summed E-state index contributed by atoms with van der Waals surface area (Å²) in [6.07, 6.45) is -0.592. The van der Waals surface area contributed by atoms with Crippen LogP contribution in [0.1, 0.15) is 49.5 Å². The number of methoxy groups -OCH3 is 1. The predicted molar refractivity (Wildman–Crippen MR) is 96.1 cm³/mol. The van der Waals surface area contributed by atoms with Crippen molar-refractivity contribution in [1.82, 2.24) is 9.97 Å². The Morgan fingerprint density at radius 1 is 1.21 bits per heavy atom. The highest BCUT2D eigenvalue weighted by Gasteiger charge is 2.19. The summed E-state index contributed by atoms with van der Waals surface area (Å²) in [6, 6.07) is 9.71. The maximum Gasteiger partial charge on any atom is 0.136 e. The van der Waals surface area contributed by atoms with Gasteiger partial charge in [-0.15, -0.1) is 0 Å². The van der Waals surface area contributed by atoms with E-state index in [1.165, 1.54) is 0 Å². The second kappa shape index (κ2) is 7.73. The Balaban J connectivity index is 2.16. The van der Waals surface area contributed by atoms with Crippen molar-refractivity contribution in [2.45, 2.75) is 45.8 Å². The van der Waals surface area contributed by atoms with Crippen LogP contribution in [0.3, 0.4) is 0 Å². The third-order valence-corrected chi connectivity index (χ3v) is 3.77. The highest BCUT2D eigenvalue weighted by Crippen LogP contribution is 2.22. The number of benzene rings is 1. The maximum absolute atomic E-state index is 10.4. The monoisotopic (exact) mass is 329 g/mol. The molecule has 5 nitrogen and oxygen atoms in total. The molecule has 1 aromatic heterocycles. The van der Waals surface area contributed by atoms with Crippen molar-refractivity contribution in [2.75, 3.05) is 19.0 Å². The molecule has 1 unspecified atom stereocenters. The fraction of sp³-hybridized carbons (Fsp3) is 0.474. The van der Waals surface area contributed by atoms with E-state index in [9.17, 15) is 5.11 Å². The first-order valence-electron chi connectivity index (χ1n) is 8.16. The van der Waals surface area contributed by atoms with E-state index in [0.717, 1.165) is 22.6 Å². The zero-order valence-corrected chi connectivity index (χ0v) is 15.1. The van der Waals surface area contributed by atoms with Crippen molar-refractivity contribution < 1.29 is 9.84 Å². The van der Waals surface area contributed by atoms with E-state index < -0.39 is 6.10 Å². The van der Waals surface area contributed by atoms with Gasteiger partial charge in [0.1, 0.15) is 11.6 Å². The topological polar surface area (TPSA) is 67.3 Å². The Hall–Kier alpha value is -1.98. The van der Waals surface area contributed by atoms with Crippen LogP contribution in [0.15, 0.2) is 30.3 Å². The van der Waals surface area contributed by atoms with Gasteiger partial charge < -0.3 is 15.2 Å². The first-order valence-corrected chi connectivity index (χ1v) is 8.16. The van der Waals surface area contributed by atoms with Gasteiger partial charge in [-0.1, -0.05) is 45.0 Å². The zero-order valence-electron chi connectivity index (χ0n) is 15.1. The number of ether oxygens (including phenoxy) is 1. The lowest BCUT2D eigenvalue weighted by Crippen LogP contribution is -2.20. The molecule has 5 heteroatoms. The number of aliphatic hydroxyl groups excluding tert-OH is 1. The normalized spacial score (nSPS) is 12.9. The van der Waals surface area contributed by atoms with E-state index in [0.29, 0.717) is 19.0 Å². The smallest absolute Gasteiger partial charge is 0.136 e. The summed E-state index contributed by atoms with van der Waals surface area (Å²) in [5, 5.41) is 13.7. The second-order valence-electron chi connectivity index (χ2n) is 7.00. The number of nitrogens with zero attached hydrogens (tertiary/aromatic N) is 2. The number of aromatic nitrogens is 2. The van der Waals surface area contributed by atoms with E-state index in [2.05, 4.69) is 36.1 Å². The molecule has 0 aliphatic carbocycles. The Morgan fingerprint density at radius 2 is 1.92 bits per heavy atom. The van der Waals surface area contributed by atoms with E-state index in [1.807, 2.05) is 37.3 Å². The van der Waals surface area contributed by atoms with Gasteiger partial charge in [0.2, 0.25) is 0 Å². The molecule has 2 aromatic rings. The molecule has 0 amide bonds. The number of anilines is 1. The number of rotatable bonds is 6. The summed E-state index contributed by atoms with van der Waals surface area (Å²) < 4.78 is 5.19. The van der Waals surface area contributed by atoms with Crippen LogP contribution in [0.25, 0.3) is 0 Å². The fourth-order valence-corrected chi connectivity index (χ4v) is 2.42. The van der Waals surface area contributed by atoms with Crippen molar-refractivity contribution in [1.29, 1.82) is 0 Å². The molecular weight excluding hydrogens is 302 g/mol. The molecule has 24 heavy (non-hydrogen) atoms. The summed E-state index contributed by atoms with van der Waals surface area (Å²) in [6.45, 7) is 9.04. The molecule has 0 bridgehead atoms. The first kappa shape index (κ1) is 18.4. The zero-order chi connectivity index (χ0) is 17.7. The molecule has 130 valence electrons. The minimum Gasteiger partial charge on any atom is -0.387 e. The number of hydrogen-bond acceptors (Lipinski definition) is 5. The lowest BCUT2D eigenvalue weighted by atomic mass is 9.95. The Kier molecular flexibility index (Phi) is 5.91. The molecule has 2 N–H and O–H groups in total. The molecule has 0 spiro atoms. The fourth-order valence-electron chi connectivity index (χ4n) is 2.42. The molecule has 1 aromatic carbocycles. The van der Waals surface area contributed by atoms with Crippen molar-refractivity contribution in [2.24, 2.45) is 0 Å². The third-order valence-electron chi connectivity index (χ3n) is 3.77. The number of nitrogens with one attached hydrogen (secondary N) is 1. The maximum atomic E-state index is 10.4. The van der Waals surface area contributed by atoms with Crippen LogP contribution >= 0.6 is 0 Å². The van der Waals surface area contributed by atoms with Crippen molar-refractivity contribution >= 4 is 5.82 Å². The third kappa shape index (κ3) is 4.76. The largest absolute Gasteiger partial charge is 0.387 e. The first-order chi connectivity index (χ1) is 11.3. The van der Waals surface area contributed by atoms with E-state index in [-0.39, 0.29) is 5.41 Å². The van der Waals surface area contributed by atoms with Gasteiger partial charge in [0.15, 0.2) is 0 Å². The summed E-state index contributed by atoms with van der Waals surface area (Å²) >= 11 is 0. The highest BCUT2D eigenvalue weighted by molar-refractivity contribution is 5.38. The van der Waals surface area contributed by atoms with Crippen LogP contribution in [0.4, 0.5) is 5.82 Å². The molecule has 2 rings (SSSR count). The second-order valence-corrected chi connectivity index (χ2v) is 7.00. The number of aryl methyl sites for hydroxylation is 1. The number of hydrogen-bond donors (Lipinski definition) is 2. The minimum atomic E-state index is -0.592. The number of aliphatic hydroxyl groups is 1. The molecule has 0 aliphatic rings. The van der Waals surface area contributed by atoms with Crippen molar-refractivity contribution in [3.05, 3.63) is 53.0 Å². The Bertz CT molecular complexity index is 681. The molecule has 1 atom stereocenters. The van der Waals surface area contributed by atoms with Crippen molar-refractivity contribution in [3.8, 4) is 0 Å². The molecule has 1 heterocycles. The van der Waals surface area contributed by atoms with Gasteiger partial charge in [-0.05, 0) is 18.1 Å². The van der Waals surface area contributed by atoms with Gasteiger partial charge in [0.25, 0.3) is 0 Å². The van der Waals surface area contributed by atoms with Crippen LogP contribution in [0.2, 0.25) is 0 Å². The minimum absolute atomic E-state index is 0.158. The van der Waals surface area contributed by atoms with E-state index >= 15 is 0 Å². The Labute approximate surface area is 144 Å². The lowest BCUT2D eigenvalue weighted by molar-refractivity contribution is 0.181. The van der Waals surface area contributed by atoms with Crippen LogP contribution in [0.5, 0.6) is 0 Å². The van der Waals surface area contributed by atoms with E-state index in [1.54, 1.807) is 7.11 Å². The average molecular weight is 329 g/mol. The summed E-state index contributed by atoms with van der Waals surface area (Å²) in [5.41, 5.74) is 2.66. The SMILES string of the molecule is COCc1cc(NCC(O)c2ccccc2C)nc(C(C)(C)C)n1. The molecular formula is C19H27N3O2. The standard InChI is InChI=1S/C19H27N3O2/c1-13-8-6-7-9-15(13)16(23)11-20-17-10-14(12-24-5)21-18(22-17)19(2,3)4/h6-10,16,23H,11-12H2,1-5H3,(H,20,21,22). The van der Waals surface area contributed by atoms with Crippen LogP contribution in [0, 0.1) is 6.92 Å². The summed E-state index contributed by atoms with van der Waals surface area (Å²) in [5.74, 6) is 1.46. The lowest BCUT2D eigenvalue weighted by Gasteiger charge is -2.20. The quantitative estimate of drug-likeness (QED) is 0.850. The summed E-state index contributed by atoms with van der Waals surface area (Å²) in [4.78, 5) is 9.14. The van der Waals surface area contributed by atoms with Crippen LogP contribution in [-0.4, -0.2) is 28.7 Å².